The minimum absolute atomic E-state index is 0.557. The number of nitrogens with zero attached hydrogens (tertiary/aromatic N) is 1. The van der Waals surface area contributed by atoms with Crippen LogP contribution in [0.15, 0.2) is 24.3 Å². The van der Waals surface area contributed by atoms with Crippen LogP contribution in [0.2, 0.25) is 0 Å². The van der Waals surface area contributed by atoms with Crippen molar-refractivity contribution in [2.75, 3.05) is 25.0 Å². The summed E-state index contributed by atoms with van der Waals surface area (Å²) in [6.07, 6.45) is 5.11. The fraction of sp³-hybridized carbons (Fsp3) is 0.667. The van der Waals surface area contributed by atoms with E-state index < -0.39 is 0 Å². The maximum absolute atomic E-state index is 3.70. The Kier molecular flexibility index (Phi) is 5.90. The van der Waals surface area contributed by atoms with E-state index in [1.165, 1.54) is 56.6 Å². The summed E-state index contributed by atoms with van der Waals surface area (Å²) in [5.41, 5.74) is 2.71. The molecule has 1 saturated heterocycles. The first-order valence-corrected chi connectivity index (χ1v) is 8.30. The van der Waals surface area contributed by atoms with E-state index in [4.69, 9.17) is 0 Å². The second kappa shape index (κ2) is 7.68. The summed E-state index contributed by atoms with van der Waals surface area (Å²) >= 11 is 0. The van der Waals surface area contributed by atoms with Crippen molar-refractivity contribution in [1.82, 2.24) is 4.90 Å². The number of benzene rings is 1. The average molecular weight is 274 g/mol. The van der Waals surface area contributed by atoms with Gasteiger partial charge in [-0.1, -0.05) is 32.4 Å². The number of hydrogen-bond donors (Lipinski definition) is 1. The number of anilines is 1. The fourth-order valence-corrected chi connectivity index (χ4v) is 3.22. The first kappa shape index (κ1) is 15.4. The van der Waals surface area contributed by atoms with Gasteiger partial charge in [0.05, 0.1) is 0 Å². The summed E-state index contributed by atoms with van der Waals surface area (Å²) in [5, 5.41) is 3.70. The van der Waals surface area contributed by atoms with Crippen LogP contribution in [-0.2, 0) is 6.42 Å². The van der Waals surface area contributed by atoms with Crippen molar-refractivity contribution in [2.24, 2.45) is 5.92 Å². The first-order chi connectivity index (χ1) is 9.72. The maximum Gasteiger partial charge on any atom is 0.0342 e. The topological polar surface area (TPSA) is 15.3 Å². The van der Waals surface area contributed by atoms with Gasteiger partial charge >= 0.3 is 0 Å². The van der Waals surface area contributed by atoms with E-state index in [1.54, 1.807) is 0 Å². The molecule has 0 saturated carbocycles. The van der Waals surface area contributed by atoms with Crippen LogP contribution in [0.5, 0.6) is 0 Å². The first-order valence-electron chi connectivity index (χ1n) is 8.30. The molecule has 1 N–H and O–H groups in total. The number of piperidine rings is 1. The third kappa shape index (κ3) is 4.24. The molecule has 0 amide bonds. The summed E-state index contributed by atoms with van der Waals surface area (Å²) in [4.78, 5) is 2.58. The minimum Gasteiger partial charge on any atom is -0.382 e. The van der Waals surface area contributed by atoms with E-state index in [-0.39, 0.29) is 0 Å². The molecule has 2 unspecified atom stereocenters. The van der Waals surface area contributed by atoms with Crippen LogP contribution in [0.25, 0.3) is 0 Å². The molecule has 2 rings (SSSR count). The number of rotatable bonds is 6. The zero-order valence-electron chi connectivity index (χ0n) is 13.4. The van der Waals surface area contributed by atoms with Gasteiger partial charge in [0.2, 0.25) is 0 Å². The molecule has 1 fully saturated rings. The lowest BCUT2D eigenvalue weighted by molar-refractivity contribution is 0.172. The molecule has 0 spiro atoms. The Morgan fingerprint density at radius 3 is 2.65 bits per heavy atom. The highest BCUT2D eigenvalue weighted by atomic mass is 15.1. The van der Waals surface area contributed by atoms with Crippen LogP contribution in [0.4, 0.5) is 5.69 Å². The molecule has 0 aromatic heterocycles. The molecule has 1 heterocycles. The van der Waals surface area contributed by atoms with Crippen molar-refractivity contribution in [3.05, 3.63) is 29.8 Å². The molecular weight excluding hydrogens is 244 g/mol. The van der Waals surface area contributed by atoms with E-state index in [0.29, 0.717) is 6.04 Å². The number of likely N-dealkylation sites (tertiary alicyclic amines) is 1. The average Bonchev–Trinajstić information content (AvgIpc) is 2.49. The van der Waals surface area contributed by atoms with Gasteiger partial charge in [-0.2, -0.15) is 0 Å². The molecule has 2 nitrogen and oxygen atoms in total. The van der Waals surface area contributed by atoms with Crippen LogP contribution in [0.1, 0.15) is 45.6 Å². The van der Waals surface area contributed by atoms with Crippen molar-refractivity contribution >= 4 is 5.69 Å². The lowest BCUT2D eigenvalue weighted by Gasteiger charge is -2.35. The summed E-state index contributed by atoms with van der Waals surface area (Å²) in [6.45, 7) is 10.6. The molecule has 20 heavy (non-hydrogen) atoms. The van der Waals surface area contributed by atoms with Gasteiger partial charge in [0.1, 0.15) is 0 Å². The Morgan fingerprint density at radius 1 is 1.25 bits per heavy atom. The lowest BCUT2D eigenvalue weighted by atomic mass is 9.91. The molecule has 112 valence electrons. The second-order valence-corrected chi connectivity index (χ2v) is 6.18. The van der Waals surface area contributed by atoms with E-state index in [0.717, 1.165) is 5.92 Å². The van der Waals surface area contributed by atoms with Crippen molar-refractivity contribution in [3.63, 3.8) is 0 Å². The van der Waals surface area contributed by atoms with Crippen LogP contribution in [0, 0.1) is 5.92 Å². The minimum atomic E-state index is 0.557. The van der Waals surface area contributed by atoms with E-state index in [9.17, 15) is 0 Å². The van der Waals surface area contributed by atoms with Gasteiger partial charge in [-0.05, 0) is 62.9 Å². The van der Waals surface area contributed by atoms with Gasteiger partial charge < -0.3 is 10.2 Å². The standard InChI is InChI=1S/C18H30N2/c1-4-7-16-9-11-18(12-10-16)19-15(3)17-8-6-13-20(5-2)14-17/h9-12,15,17,19H,4-8,13-14H2,1-3H3. The Morgan fingerprint density at radius 2 is 2.00 bits per heavy atom. The molecule has 1 aliphatic rings. The van der Waals surface area contributed by atoms with Crippen LogP contribution in [-0.4, -0.2) is 30.6 Å². The van der Waals surface area contributed by atoms with Gasteiger partial charge in [-0.25, -0.2) is 0 Å². The predicted octanol–water partition coefficient (Wildman–Crippen LogP) is 4.17. The van der Waals surface area contributed by atoms with Crippen molar-refractivity contribution in [3.8, 4) is 0 Å². The van der Waals surface area contributed by atoms with Gasteiger partial charge in [-0.15, -0.1) is 0 Å². The Labute approximate surface area is 124 Å². The van der Waals surface area contributed by atoms with Crippen molar-refractivity contribution < 1.29 is 0 Å². The summed E-state index contributed by atoms with van der Waals surface area (Å²) in [5.74, 6) is 0.777. The SMILES string of the molecule is CCCc1ccc(NC(C)C2CCCN(CC)C2)cc1. The Hall–Kier alpha value is -1.02. The van der Waals surface area contributed by atoms with Crippen LogP contribution >= 0.6 is 0 Å². The summed E-state index contributed by atoms with van der Waals surface area (Å²) < 4.78 is 0. The molecule has 0 bridgehead atoms. The Balaban J connectivity index is 1.88. The van der Waals surface area contributed by atoms with Crippen molar-refractivity contribution in [2.45, 2.75) is 52.5 Å². The fourth-order valence-electron chi connectivity index (χ4n) is 3.22. The van der Waals surface area contributed by atoms with E-state index >= 15 is 0 Å². The van der Waals surface area contributed by atoms with Crippen LogP contribution < -0.4 is 5.32 Å². The van der Waals surface area contributed by atoms with Gasteiger partial charge in [0.25, 0.3) is 0 Å². The Bertz CT molecular complexity index is 385. The molecular formula is C18H30N2. The van der Waals surface area contributed by atoms with E-state index in [2.05, 4.69) is 55.3 Å². The van der Waals surface area contributed by atoms with Gasteiger partial charge in [-0.3, -0.25) is 0 Å². The third-order valence-electron chi connectivity index (χ3n) is 4.58. The summed E-state index contributed by atoms with van der Waals surface area (Å²) in [6, 6.07) is 9.56. The number of hydrogen-bond acceptors (Lipinski definition) is 2. The highest BCUT2D eigenvalue weighted by molar-refractivity contribution is 5.45. The van der Waals surface area contributed by atoms with E-state index in [1.807, 2.05) is 0 Å². The highest BCUT2D eigenvalue weighted by Crippen LogP contribution is 2.22. The number of aryl methyl sites for hydroxylation is 1. The monoisotopic (exact) mass is 274 g/mol. The van der Waals surface area contributed by atoms with Crippen LogP contribution in [0.3, 0.4) is 0 Å². The summed E-state index contributed by atoms with van der Waals surface area (Å²) in [7, 11) is 0. The number of nitrogens with one attached hydrogen (secondary N) is 1. The highest BCUT2D eigenvalue weighted by Gasteiger charge is 2.23. The lowest BCUT2D eigenvalue weighted by Crippen LogP contribution is -2.41. The largest absolute Gasteiger partial charge is 0.382 e. The zero-order valence-corrected chi connectivity index (χ0v) is 13.4. The maximum atomic E-state index is 3.70. The van der Waals surface area contributed by atoms with Gasteiger partial charge in [0, 0.05) is 18.3 Å². The zero-order chi connectivity index (χ0) is 14.4. The van der Waals surface area contributed by atoms with Gasteiger partial charge in [0.15, 0.2) is 0 Å². The molecule has 0 radical (unpaired) electrons. The quantitative estimate of drug-likeness (QED) is 0.837. The second-order valence-electron chi connectivity index (χ2n) is 6.18. The molecule has 2 heteroatoms. The molecule has 1 aromatic carbocycles. The molecule has 1 aromatic rings. The molecule has 0 aliphatic carbocycles. The smallest absolute Gasteiger partial charge is 0.0342 e. The molecule has 1 aliphatic heterocycles. The third-order valence-corrected chi connectivity index (χ3v) is 4.58. The predicted molar refractivity (Wildman–Crippen MR) is 88.4 cm³/mol. The normalized spacial score (nSPS) is 21.6. The van der Waals surface area contributed by atoms with Crippen molar-refractivity contribution in [1.29, 1.82) is 0 Å². The molecule has 2 atom stereocenters.